The van der Waals surface area contributed by atoms with Crippen LogP contribution in [0.4, 0.5) is 0 Å². The lowest BCUT2D eigenvalue weighted by Gasteiger charge is -2.09. The predicted molar refractivity (Wildman–Crippen MR) is 113 cm³/mol. The lowest BCUT2D eigenvalue weighted by Crippen LogP contribution is -2.04. The molecule has 0 aliphatic carbocycles. The first kappa shape index (κ1) is 21.0. The summed E-state index contributed by atoms with van der Waals surface area (Å²) >= 11 is 0. The molecule has 0 amide bonds. The Bertz CT molecular complexity index is 675. The van der Waals surface area contributed by atoms with Gasteiger partial charge in [-0.25, -0.2) is 0 Å². The van der Waals surface area contributed by atoms with Crippen LogP contribution in [0, 0.1) is 6.92 Å². The predicted octanol–water partition coefficient (Wildman–Crippen LogP) is 6.74. The maximum Gasteiger partial charge on any atom is 0.119 e. The molecule has 0 unspecified atom stereocenters. The molecule has 0 spiro atoms. The third kappa shape index (κ3) is 7.46. The molecule has 0 heterocycles. The summed E-state index contributed by atoms with van der Waals surface area (Å²) in [5, 5.41) is 12.9. The molecule has 0 aromatic heterocycles. The third-order valence-corrected chi connectivity index (χ3v) is 4.82. The van der Waals surface area contributed by atoms with Crippen LogP contribution < -0.4 is 4.74 Å². The second kappa shape index (κ2) is 12.2. The minimum atomic E-state index is 0.574. The van der Waals surface area contributed by atoms with Gasteiger partial charge in [0.05, 0.1) is 6.61 Å². The van der Waals surface area contributed by atoms with Gasteiger partial charge in [-0.05, 0) is 37.6 Å². The van der Waals surface area contributed by atoms with E-state index in [1.54, 1.807) is 0 Å². The molecule has 2 aromatic carbocycles. The molecule has 0 atom stereocenters. The summed E-state index contributed by atoms with van der Waals surface area (Å²) in [5.41, 5.74) is 3.53. The average molecular weight is 368 g/mol. The number of ether oxygens (including phenoxy) is 1. The van der Waals surface area contributed by atoms with Crippen LogP contribution in [-0.4, -0.2) is 17.5 Å². The van der Waals surface area contributed by atoms with Crippen molar-refractivity contribution < 1.29 is 9.94 Å². The summed E-state index contributed by atoms with van der Waals surface area (Å²) in [7, 11) is 0. The quantitative estimate of drug-likeness (QED) is 0.195. The van der Waals surface area contributed by atoms with Crippen molar-refractivity contribution in [2.45, 2.75) is 65.2 Å². The van der Waals surface area contributed by atoms with E-state index in [0.717, 1.165) is 29.9 Å². The van der Waals surface area contributed by atoms with Crippen LogP contribution in [0.15, 0.2) is 53.7 Å². The Hall–Kier alpha value is -2.29. The highest BCUT2D eigenvalue weighted by Crippen LogP contribution is 2.17. The fourth-order valence-electron chi connectivity index (χ4n) is 3.13. The van der Waals surface area contributed by atoms with E-state index in [0.29, 0.717) is 5.71 Å². The van der Waals surface area contributed by atoms with E-state index in [2.05, 4.69) is 12.1 Å². The Morgan fingerprint density at radius 2 is 1.30 bits per heavy atom. The number of hydrogen-bond donors (Lipinski definition) is 1. The number of aryl methyl sites for hydroxylation is 1. The maximum atomic E-state index is 9.42. The summed E-state index contributed by atoms with van der Waals surface area (Å²) in [6.45, 7) is 5.05. The molecule has 0 saturated heterocycles. The highest BCUT2D eigenvalue weighted by Gasteiger charge is 2.08. The first-order valence-electron chi connectivity index (χ1n) is 10.3. The van der Waals surface area contributed by atoms with Gasteiger partial charge in [0.2, 0.25) is 0 Å². The number of oxime groups is 1. The average Bonchev–Trinajstić information content (AvgIpc) is 2.70. The van der Waals surface area contributed by atoms with Gasteiger partial charge in [-0.1, -0.05) is 86.9 Å². The Balaban J connectivity index is 1.74. The van der Waals surface area contributed by atoms with Gasteiger partial charge in [0.1, 0.15) is 11.5 Å². The van der Waals surface area contributed by atoms with Gasteiger partial charge < -0.3 is 9.94 Å². The molecule has 0 aliphatic heterocycles. The number of nitrogens with zero attached hydrogens (tertiary/aromatic N) is 1. The second-order valence-electron chi connectivity index (χ2n) is 7.16. The van der Waals surface area contributed by atoms with Gasteiger partial charge in [-0.15, -0.1) is 0 Å². The molecule has 2 rings (SSSR count). The standard InChI is InChI=1S/C24H33NO2/c1-3-4-5-6-7-8-9-10-19-27-23-17-15-22(16-18-23)24(25-26)21-13-11-20(2)12-14-21/h11-18,26H,3-10,19H2,1-2H3/b25-24+. The van der Waals surface area contributed by atoms with E-state index in [1.807, 2.05) is 55.5 Å². The van der Waals surface area contributed by atoms with E-state index in [9.17, 15) is 5.21 Å². The van der Waals surface area contributed by atoms with Gasteiger partial charge in [0.15, 0.2) is 0 Å². The maximum absolute atomic E-state index is 9.42. The van der Waals surface area contributed by atoms with Crippen LogP contribution in [0.3, 0.4) is 0 Å². The number of benzene rings is 2. The van der Waals surface area contributed by atoms with Crippen molar-refractivity contribution >= 4 is 5.71 Å². The Kier molecular flexibility index (Phi) is 9.47. The Morgan fingerprint density at radius 3 is 1.85 bits per heavy atom. The van der Waals surface area contributed by atoms with E-state index in [4.69, 9.17) is 4.74 Å². The summed E-state index contributed by atoms with van der Waals surface area (Å²) < 4.78 is 5.84. The van der Waals surface area contributed by atoms with Crippen LogP contribution in [0.25, 0.3) is 0 Å². The van der Waals surface area contributed by atoms with Crippen LogP contribution in [0.5, 0.6) is 5.75 Å². The molecule has 2 aromatic rings. The minimum Gasteiger partial charge on any atom is -0.494 e. The molecule has 0 aliphatic rings. The van der Waals surface area contributed by atoms with Crippen LogP contribution in [0.2, 0.25) is 0 Å². The molecule has 27 heavy (non-hydrogen) atoms. The Labute approximate surface area is 164 Å². The summed E-state index contributed by atoms with van der Waals surface area (Å²) in [5.74, 6) is 0.864. The van der Waals surface area contributed by atoms with Crippen molar-refractivity contribution in [2.75, 3.05) is 6.61 Å². The van der Waals surface area contributed by atoms with E-state index < -0.39 is 0 Å². The van der Waals surface area contributed by atoms with Crippen molar-refractivity contribution in [3.05, 3.63) is 65.2 Å². The summed E-state index contributed by atoms with van der Waals surface area (Å²) in [6.07, 6.45) is 10.4. The van der Waals surface area contributed by atoms with Crippen molar-refractivity contribution in [2.24, 2.45) is 5.16 Å². The molecule has 3 heteroatoms. The van der Waals surface area contributed by atoms with Crippen molar-refractivity contribution in [3.8, 4) is 5.75 Å². The van der Waals surface area contributed by atoms with Gasteiger partial charge in [0, 0.05) is 11.1 Å². The Morgan fingerprint density at radius 1 is 0.778 bits per heavy atom. The number of hydrogen-bond acceptors (Lipinski definition) is 3. The first-order valence-corrected chi connectivity index (χ1v) is 10.3. The highest BCUT2D eigenvalue weighted by molar-refractivity contribution is 6.12. The van der Waals surface area contributed by atoms with Gasteiger partial charge in [-0.2, -0.15) is 0 Å². The summed E-state index contributed by atoms with van der Waals surface area (Å²) in [6, 6.07) is 15.7. The lowest BCUT2D eigenvalue weighted by molar-refractivity contribution is 0.304. The largest absolute Gasteiger partial charge is 0.494 e. The molecular formula is C24H33NO2. The van der Waals surface area contributed by atoms with E-state index in [-0.39, 0.29) is 0 Å². The topological polar surface area (TPSA) is 41.8 Å². The molecule has 0 saturated carbocycles. The zero-order valence-corrected chi connectivity index (χ0v) is 16.8. The molecule has 0 fully saturated rings. The van der Waals surface area contributed by atoms with Crippen LogP contribution >= 0.6 is 0 Å². The fraction of sp³-hybridized carbons (Fsp3) is 0.458. The molecule has 0 bridgehead atoms. The lowest BCUT2D eigenvalue weighted by atomic mass is 10.0. The zero-order chi connectivity index (χ0) is 19.3. The minimum absolute atomic E-state index is 0.574. The highest BCUT2D eigenvalue weighted by atomic mass is 16.5. The molecular weight excluding hydrogens is 334 g/mol. The third-order valence-electron chi connectivity index (χ3n) is 4.82. The first-order chi connectivity index (χ1) is 13.2. The van der Waals surface area contributed by atoms with E-state index in [1.165, 1.54) is 50.5 Å². The van der Waals surface area contributed by atoms with Gasteiger partial charge in [-0.3, -0.25) is 0 Å². The normalized spacial score (nSPS) is 11.6. The van der Waals surface area contributed by atoms with Crippen LogP contribution in [0.1, 0.15) is 75.0 Å². The van der Waals surface area contributed by atoms with Gasteiger partial charge >= 0.3 is 0 Å². The molecule has 0 radical (unpaired) electrons. The summed E-state index contributed by atoms with van der Waals surface area (Å²) in [4.78, 5) is 0. The van der Waals surface area contributed by atoms with Gasteiger partial charge in [0.25, 0.3) is 0 Å². The molecule has 3 nitrogen and oxygen atoms in total. The molecule has 146 valence electrons. The number of unbranched alkanes of at least 4 members (excludes halogenated alkanes) is 7. The van der Waals surface area contributed by atoms with E-state index >= 15 is 0 Å². The monoisotopic (exact) mass is 367 g/mol. The SMILES string of the molecule is CCCCCCCCCCOc1ccc(/C(=N/O)c2ccc(C)cc2)cc1. The second-order valence-corrected chi connectivity index (χ2v) is 7.16. The van der Waals surface area contributed by atoms with Crippen molar-refractivity contribution in [1.82, 2.24) is 0 Å². The van der Waals surface area contributed by atoms with Crippen molar-refractivity contribution in [1.29, 1.82) is 0 Å². The smallest absolute Gasteiger partial charge is 0.119 e. The number of rotatable bonds is 12. The van der Waals surface area contributed by atoms with Crippen molar-refractivity contribution in [3.63, 3.8) is 0 Å². The zero-order valence-electron chi connectivity index (χ0n) is 16.8. The molecule has 1 N–H and O–H groups in total. The fourth-order valence-corrected chi connectivity index (χ4v) is 3.13. The van der Waals surface area contributed by atoms with Crippen LogP contribution in [-0.2, 0) is 0 Å².